The summed E-state index contributed by atoms with van der Waals surface area (Å²) in [4.78, 5) is 6.21. The van der Waals surface area contributed by atoms with Gasteiger partial charge in [-0.3, -0.25) is 4.99 Å². The van der Waals surface area contributed by atoms with Gasteiger partial charge in [-0.15, -0.1) is 24.0 Å². The molecule has 0 radical (unpaired) electrons. The summed E-state index contributed by atoms with van der Waals surface area (Å²) in [6.45, 7) is 2.08. The van der Waals surface area contributed by atoms with Gasteiger partial charge in [-0.25, -0.2) is 0 Å². The highest BCUT2D eigenvalue weighted by Gasteiger charge is 2.23. The number of hydrogen-bond donors (Lipinski definition) is 1. The van der Waals surface area contributed by atoms with E-state index in [1.54, 1.807) is 7.05 Å². The lowest BCUT2D eigenvalue weighted by atomic mass is 9.99. The van der Waals surface area contributed by atoms with Crippen molar-refractivity contribution in [3.8, 4) is 0 Å². The Balaban J connectivity index is 0.00000144. The van der Waals surface area contributed by atoms with Gasteiger partial charge < -0.3 is 10.6 Å². The zero-order chi connectivity index (χ0) is 11.4. The van der Waals surface area contributed by atoms with Gasteiger partial charge in [-0.1, -0.05) is 30.3 Å². The Morgan fingerprint density at radius 1 is 1.41 bits per heavy atom. The molecule has 1 aliphatic rings. The molecule has 1 fully saturated rings. The molecule has 2 rings (SSSR count). The van der Waals surface area contributed by atoms with Crippen molar-refractivity contribution in [3.05, 3.63) is 35.9 Å². The summed E-state index contributed by atoms with van der Waals surface area (Å²) in [7, 11) is 1.75. The molecule has 17 heavy (non-hydrogen) atoms. The SMILES string of the molecule is CN=C(N)N1CCC(Cc2ccccc2)C1.I. The Morgan fingerprint density at radius 2 is 2.12 bits per heavy atom. The number of benzene rings is 1. The van der Waals surface area contributed by atoms with Crippen LogP contribution in [0.1, 0.15) is 12.0 Å². The second-order valence-corrected chi connectivity index (χ2v) is 4.37. The molecule has 1 aliphatic heterocycles. The molecular formula is C13H20IN3. The lowest BCUT2D eigenvalue weighted by molar-refractivity contribution is 0.473. The first kappa shape index (κ1) is 14.3. The molecule has 0 aromatic heterocycles. The summed E-state index contributed by atoms with van der Waals surface area (Å²) in [6, 6.07) is 10.7. The molecule has 1 saturated heterocycles. The third-order valence-corrected chi connectivity index (χ3v) is 3.21. The van der Waals surface area contributed by atoms with E-state index in [0.717, 1.165) is 19.5 Å². The van der Waals surface area contributed by atoms with E-state index in [0.29, 0.717) is 11.9 Å². The van der Waals surface area contributed by atoms with Crippen LogP contribution < -0.4 is 5.73 Å². The Morgan fingerprint density at radius 3 is 2.76 bits per heavy atom. The van der Waals surface area contributed by atoms with E-state index in [9.17, 15) is 0 Å². The Labute approximate surface area is 120 Å². The number of likely N-dealkylation sites (tertiary alicyclic amines) is 1. The predicted octanol–water partition coefficient (Wildman–Crippen LogP) is 2.11. The van der Waals surface area contributed by atoms with Gasteiger partial charge in [0.15, 0.2) is 5.96 Å². The Kier molecular flexibility index (Phi) is 5.74. The van der Waals surface area contributed by atoms with E-state index in [-0.39, 0.29) is 24.0 Å². The molecule has 2 N–H and O–H groups in total. The van der Waals surface area contributed by atoms with E-state index in [4.69, 9.17) is 5.73 Å². The van der Waals surface area contributed by atoms with Crippen molar-refractivity contribution < 1.29 is 0 Å². The van der Waals surface area contributed by atoms with Crippen LogP contribution in [0.15, 0.2) is 35.3 Å². The van der Waals surface area contributed by atoms with Gasteiger partial charge in [-0.05, 0) is 24.3 Å². The summed E-state index contributed by atoms with van der Waals surface area (Å²) in [5.74, 6) is 1.39. The van der Waals surface area contributed by atoms with Crippen molar-refractivity contribution in [2.24, 2.45) is 16.6 Å². The quantitative estimate of drug-likeness (QED) is 0.507. The monoisotopic (exact) mass is 345 g/mol. The van der Waals surface area contributed by atoms with Crippen LogP contribution in [0.4, 0.5) is 0 Å². The van der Waals surface area contributed by atoms with Crippen LogP contribution in [0, 0.1) is 5.92 Å². The minimum absolute atomic E-state index is 0. The summed E-state index contributed by atoms with van der Waals surface area (Å²) >= 11 is 0. The van der Waals surface area contributed by atoms with Crippen LogP contribution in [-0.2, 0) is 6.42 Å². The lowest BCUT2D eigenvalue weighted by Gasteiger charge is -2.16. The fourth-order valence-corrected chi connectivity index (χ4v) is 2.30. The molecule has 0 amide bonds. The van der Waals surface area contributed by atoms with E-state index < -0.39 is 0 Å². The van der Waals surface area contributed by atoms with Crippen LogP contribution in [0.3, 0.4) is 0 Å². The first-order chi connectivity index (χ1) is 7.79. The Hall–Kier alpha value is -0.780. The lowest BCUT2D eigenvalue weighted by Crippen LogP contribution is -2.35. The highest BCUT2D eigenvalue weighted by Crippen LogP contribution is 2.20. The van der Waals surface area contributed by atoms with Crippen LogP contribution >= 0.6 is 24.0 Å². The van der Waals surface area contributed by atoms with E-state index >= 15 is 0 Å². The van der Waals surface area contributed by atoms with Gasteiger partial charge >= 0.3 is 0 Å². The van der Waals surface area contributed by atoms with Crippen LogP contribution in [0.2, 0.25) is 0 Å². The number of nitrogens with two attached hydrogens (primary N) is 1. The molecule has 1 unspecified atom stereocenters. The van der Waals surface area contributed by atoms with E-state index in [2.05, 4.69) is 40.2 Å². The van der Waals surface area contributed by atoms with Crippen molar-refractivity contribution in [1.82, 2.24) is 4.90 Å². The summed E-state index contributed by atoms with van der Waals surface area (Å²) in [6.07, 6.45) is 2.36. The molecule has 0 bridgehead atoms. The maximum Gasteiger partial charge on any atom is 0.190 e. The maximum absolute atomic E-state index is 5.81. The summed E-state index contributed by atoms with van der Waals surface area (Å²) in [5, 5.41) is 0. The van der Waals surface area contributed by atoms with Crippen LogP contribution in [-0.4, -0.2) is 31.0 Å². The average Bonchev–Trinajstić information content (AvgIpc) is 2.78. The zero-order valence-corrected chi connectivity index (χ0v) is 12.5. The molecule has 0 saturated carbocycles. The van der Waals surface area contributed by atoms with Crippen molar-refractivity contribution in [3.63, 3.8) is 0 Å². The number of hydrogen-bond acceptors (Lipinski definition) is 1. The number of nitrogens with zero attached hydrogens (tertiary/aromatic N) is 2. The smallest absolute Gasteiger partial charge is 0.190 e. The van der Waals surface area contributed by atoms with E-state index in [1.165, 1.54) is 12.0 Å². The van der Waals surface area contributed by atoms with Crippen molar-refractivity contribution in [2.45, 2.75) is 12.8 Å². The fourth-order valence-electron chi connectivity index (χ4n) is 2.30. The van der Waals surface area contributed by atoms with Gasteiger partial charge in [0.25, 0.3) is 0 Å². The molecular weight excluding hydrogens is 325 g/mol. The minimum atomic E-state index is 0. The van der Waals surface area contributed by atoms with Crippen molar-refractivity contribution in [2.75, 3.05) is 20.1 Å². The van der Waals surface area contributed by atoms with Gasteiger partial charge in [0, 0.05) is 20.1 Å². The maximum atomic E-state index is 5.81. The highest BCUT2D eigenvalue weighted by atomic mass is 127. The number of guanidine groups is 1. The van der Waals surface area contributed by atoms with Gasteiger partial charge in [0.05, 0.1) is 0 Å². The van der Waals surface area contributed by atoms with Gasteiger partial charge in [0.1, 0.15) is 0 Å². The normalized spacial score (nSPS) is 20.2. The summed E-state index contributed by atoms with van der Waals surface area (Å²) < 4.78 is 0. The number of rotatable bonds is 2. The van der Waals surface area contributed by atoms with Gasteiger partial charge in [0.2, 0.25) is 0 Å². The summed E-state index contributed by atoms with van der Waals surface area (Å²) in [5.41, 5.74) is 7.23. The average molecular weight is 345 g/mol. The first-order valence-electron chi connectivity index (χ1n) is 5.80. The largest absolute Gasteiger partial charge is 0.370 e. The van der Waals surface area contributed by atoms with Crippen LogP contribution in [0.25, 0.3) is 0 Å². The van der Waals surface area contributed by atoms with Crippen molar-refractivity contribution >= 4 is 29.9 Å². The molecule has 1 aromatic rings. The first-order valence-corrected chi connectivity index (χ1v) is 5.80. The molecule has 1 atom stereocenters. The third-order valence-electron chi connectivity index (χ3n) is 3.21. The van der Waals surface area contributed by atoms with Gasteiger partial charge in [-0.2, -0.15) is 0 Å². The molecule has 1 aromatic carbocycles. The predicted molar refractivity (Wildman–Crippen MR) is 82.8 cm³/mol. The molecule has 4 heteroatoms. The molecule has 94 valence electrons. The van der Waals surface area contributed by atoms with Crippen LogP contribution in [0.5, 0.6) is 0 Å². The second kappa shape index (κ2) is 6.83. The molecule has 0 spiro atoms. The number of halogens is 1. The highest BCUT2D eigenvalue weighted by molar-refractivity contribution is 14.0. The topological polar surface area (TPSA) is 41.6 Å². The fraction of sp³-hybridized carbons (Fsp3) is 0.462. The standard InChI is InChI=1S/C13H19N3.HI/c1-15-13(14)16-8-7-12(10-16)9-11-5-3-2-4-6-11;/h2-6,12H,7-10H2,1H3,(H2,14,15);1H. The second-order valence-electron chi connectivity index (χ2n) is 4.37. The van der Waals surface area contributed by atoms with E-state index in [1.807, 2.05) is 0 Å². The minimum Gasteiger partial charge on any atom is -0.370 e. The van der Waals surface area contributed by atoms with Crippen molar-refractivity contribution in [1.29, 1.82) is 0 Å². The Bertz CT molecular complexity index is 364. The third kappa shape index (κ3) is 3.87. The zero-order valence-electron chi connectivity index (χ0n) is 10.2. The molecule has 1 heterocycles. The molecule has 0 aliphatic carbocycles. The number of aliphatic imine (C=N–C) groups is 1. The molecule has 3 nitrogen and oxygen atoms in total.